The van der Waals surface area contributed by atoms with E-state index in [2.05, 4.69) is 18.7 Å². The Morgan fingerprint density at radius 1 is 1.28 bits per heavy atom. The highest BCUT2D eigenvalue weighted by atomic mass is 35.5. The molecule has 0 aromatic heterocycles. The van der Waals surface area contributed by atoms with Gasteiger partial charge < -0.3 is 10.6 Å². The summed E-state index contributed by atoms with van der Waals surface area (Å²) in [6.07, 6.45) is 2.23. The predicted molar refractivity (Wildman–Crippen MR) is 76.8 cm³/mol. The molecule has 0 radical (unpaired) electrons. The highest BCUT2D eigenvalue weighted by Gasteiger charge is 2.26. The van der Waals surface area contributed by atoms with Gasteiger partial charge in [-0.25, -0.2) is 4.39 Å². The van der Waals surface area contributed by atoms with Crippen LogP contribution in [0.4, 0.5) is 10.1 Å². The summed E-state index contributed by atoms with van der Waals surface area (Å²) in [6, 6.07) is 5.32. The third kappa shape index (κ3) is 3.36. The normalized spacial score (nSPS) is 18.3. The smallest absolute Gasteiger partial charge is 0.146 e. The molecule has 1 saturated heterocycles. The lowest BCUT2D eigenvalue weighted by Crippen LogP contribution is -2.37. The van der Waals surface area contributed by atoms with Crippen molar-refractivity contribution in [2.24, 2.45) is 11.1 Å². The van der Waals surface area contributed by atoms with Crippen LogP contribution in [-0.2, 0) is 6.54 Å². The molecular weight excluding hydrogens is 251 g/mol. The van der Waals surface area contributed by atoms with Gasteiger partial charge in [0, 0.05) is 19.6 Å². The van der Waals surface area contributed by atoms with Crippen molar-refractivity contribution in [3.05, 3.63) is 29.6 Å². The lowest BCUT2D eigenvalue weighted by molar-refractivity contribution is 0.279. The Morgan fingerprint density at radius 2 is 1.89 bits per heavy atom. The highest BCUT2D eigenvalue weighted by Crippen LogP contribution is 2.33. The van der Waals surface area contributed by atoms with Crippen LogP contribution in [0, 0.1) is 11.2 Å². The van der Waals surface area contributed by atoms with Gasteiger partial charge in [-0.2, -0.15) is 0 Å². The predicted octanol–water partition coefficient (Wildman–Crippen LogP) is 3.33. The molecule has 1 aromatic carbocycles. The average molecular weight is 273 g/mol. The minimum Gasteiger partial charge on any atom is -0.369 e. The zero-order chi connectivity index (χ0) is 12.5. The fraction of sp³-hybridized carbons (Fsp3) is 0.571. The third-order valence-electron chi connectivity index (χ3n) is 3.71. The fourth-order valence-corrected chi connectivity index (χ4v) is 2.29. The van der Waals surface area contributed by atoms with Crippen LogP contribution in [0.5, 0.6) is 0 Å². The molecule has 0 saturated carbocycles. The van der Waals surface area contributed by atoms with Crippen LogP contribution < -0.4 is 10.6 Å². The van der Waals surface area contributed by atoms with Gasteiger partial charge in [-0.1, -0.05) is 19.9 Å². The molecule has 0 aliphatic carbocycles. The van der Waals surface area contributed by atoms with E-state index in [1.165, 1.54) is 0 Å². The first-order valence-corrected chi connectivity index (χ1v) is 6.25. The maximum atomic E-state index is 13.9. The number of halogens is 2. The quantitative estimate of drug-likeness (QED) is 0.895. The van der Waals surface area contributed by atoms with Gasteiger partial charge >= 0.3 is 0 Å². The zero-order valence-electron chi connectivity index (χ0n) is 11.1. The summed E-state index contributed by atoms with van der Waals surface area (Å²) in [5.74, 6) is -0.146. The van der Waals surface area contributed by atoms with Gasteiger partial charge in [0.15, 0.2) is 0 Å². The summed E-state index contributed by atoms with van der Waals surface area (Å²) in [7, 11) is 0. The largest absolute Gasteiger partial charge is 0.369 e. The minimum absolute atomic E-state index is 0. The summed E-state index contributed by atoms with van der Waals surface area (Å²) in [4.78, 5) is 2.14. The van der Waals surface area contributed by atoms with Crippen molar-refractivity contribution < 1.29 is 4.39 Å². The van der Waals surface area contributed by atoms with Gasteiger partial charge in [0.2, 0.25) is 0 Å². The summed E-state index contributed by atoms with van der Waals surface area (Å²) in [6.45, 7) is 6.82. The lowest BCUT2D eigenvalue weighted by atomic mass is 9.82. The molecule has 18 heavy (non-hydrogen) atoms. The highest BCUT2D eigenvalue weighted by molar-refractivity contribution is 5.85. The fourth-order valence-electron chi connectivity index (χ4n) is 2.29. The van der Waals surface area contributed by atoms with Gasteiger partial charge in [0.05, 0.1) is 5.69 Å². The third-order valence-corrected chi connectivity index (χ3v) is 3.71. The molecule has 0 unspecified atom stereocenters. The Kier molecular flexibility index (Phi) is 5.00. The molecule has 4 heteroatoms. The molecule has 1 fully saturated rings. The van der Waals surface area contributed by atoms with Crippen molar-refractivity contribution in [1.29, 1.82) is 0 Å². The molecule has 1 heterocycles. The van der Waals surface area contributed by atoms with Crippen molar-refractivity contribution in [3.8, 4) is 0 Å². The molecular formula is C14H22ClFN2. The van der Waals surface area contributed by atoms with E-state index in [-0.39, 0.29) is 18.2 Å². The molecule has 102 valence electrons. The Morgan fingerprint density at radius 3 is 2.39 bits per heavy atom. The van der Waals surface area contributed by atoms with Crippen LogP contribution in [0.2, 0.25) is 0 Å². The van der Waals surface area contributed by atoms with Crippen molar-refractivity contribution >= 4 is 18.1 Å². The first kappa shape index (κ1) is 15.3. The number of rotatable bonds is 2. The first-order valence-electron chi connectivity index (χ1n) is 6.25. The number of nitrogens with two attached hydrogens (primary N) is 1. The number of benzene rings is 1. The summed E-state index contributed by atoms with van der Waals surface area (Å²) < 4.78 is 13.9. The van der Waals surface area contributed by atoms with Gasteiger partial charge in [-0.15, -0.1) is 12.4 Å². The molecule has 0 spiro atoms. The zero-order valence-corrected chi connectivity index (χ0v) is 11.9. The van der Waals surface area contributed by atoms with Crippen LogP contribution >= 0.6 is 12.4 Å². The molecule has 1 aliphatic rings. The Hall–Kier alpha value is -0.800. The lowest BCUT2D eigenvalue weighted by Gasteiger charge is -2.38. The summed E-state index contributed by atoms with van der Waals surface area (Å²) in [5, 5.41) is 0. The van der Waals surface area contributed by atoms with E-state index in [1.54, 1.807) is 6.07 Å². The molecule has 0 bridgehead atoms. The number of piperidine rings is 1. The second kappa shape index (κ2) is 5.89. The van der Waals surface area contributed by atoms with Crippen LogP contribution in [0.3, 0.4) is 0 Å². The average Bonchev–Trinajstić information content (AvgIpc) is 2.29. The molecule has 1 aliphatic heterocycles. The van der Waals surface area contributed by atoms with E-state index in [9.17, 15) is 4.39 Å². The summed E-state index contributed by atoms with van der Waals surface area (Å²) >= 11 is 0. The molecule has 0 amide bonds. The maximum Gasteiger partial charge on any atom is 0.146 e. The van der Waals surface area contributed by atoms with Gasteiger partial charge in [-0.05, 0) is 36.0 Å². The van der Waals surface area contributed by atoms with Crippen LogP contribution in [-0.4, -0.2) is 13.1 Å². The second-order valence-corrected chi connectivity index (χ2v) is 5.64. The van der Waals surface area contributed by atoms with Crippen molar-refractivity contribution in [3.63, 3.8) is 0 Å². The monoisotopic (exact) mass is 272 g/mol. The topological polar surface area (TPSA) is 29.3 Å². The van der Waals surface area contributed by atoms with Gasteiger partial charge in [0.1, 0.15) is 5.82 Å². The van der Waals surface area contributed by atoms with E-state index in [1.807, 2.05) is 12.1 Å². The van der Waals surface area contributed by atoms with Crippen LogP contribution in [0.25, 0.3) is 0 Å². The van der Waals surface area contributed by atoms with Crippen LogP contribution in [0.15, 0.2) is 18.2 Å². The van der Waals surface area contributed by atoms with Gasteiger partial charge in [-0.3, -0.25) is 0 Å². The van der Waals surface area contributed by atoms with E-state index >= 15 is 0 Å². The molecule has 1 aromatic rings. The standard InChI is InChI=1S/C14H21FN2.ClH/c1-14(2)5-7-17(8-6-14)13-4-3-11(10-16)9-12(13)15;/h3-4,9H,5-8,10,16H2,1-2H3;1H. The van der Waals surface area contributed by atoms with E-state index in [0.29, 0.717) is 12.0 Å². The van der Waals surface area contributed by atoms with Crippen molar-refractivity contribution in [2.45, 2.75) is 33.2 Å². The molecule has 2 N–H and O–H groups in total. The Balaban J connectivity index is 0.00000162. The van der Waals surface area contributed by atoms with Gasteiger partial charge in [0.25, 0.3) is 0 Å². The maximum absolute atomic E-state index is 13.9. The van der Waals surface area contributed by atoms with E-state index in [0.717, 1.165) is 37.2 Å². The number of anilines is 1. The van der Waals surface area contributed by atoms with Crippen LogP contribution in [0.1, 0.15) is 32.3 Å². The molecule has 0 atom stereocenters. The minimum atomic E-state index is -0.146. The molecule has 2 rings (SSSR count). The van der Waals surface area contributed by atoms with E-state index in [4.69, 9.17) is 5.73 Å². The molecule has 2 nitrogen and oxygen atoms in total. The number of hydrogen-bond donors (Lipinski definition) is 1. The Bertz CT molecular complexity index is 397. The van der Waals surface area contributed by atoms with E-state index < -0.39 is 0 Å². The number of nitrogens with zero attached hydrogens (tertiary/aromatic N) is 1. The Labute approximate surface area is 115 Å². The number of hydrogen-bond acceptors (Lipinski definition) is 2. The van der Waals surface area contributed by atoms with Crippen molar-refractivity contribution in [2.75, 3.05) is 18.0 Å². The SMILES string of the molecule is CC1(C)CCN(c2ccc(CN)cc2F)CC1.Cl. The first-order chi connectivity index (χ1) is 8.02. The second-order valence-electron chi connectivity index (χ2n) is 5.64. The van der Waals surface area contributed by atoms with Crippen molar-refractivity contribution in [1.82, 2.24) is 0 Å². The summed E-state index contributed by atoms with van der Waals surface area (Å²) in [5.41, 5.74) is 7.47.